The summed E-state index contributed by atoms with van der Waals surface area (Å²) in [6, 6.07) is 6.58. The zero-order valence-electron chi connectivity index (χ0n) is 22.7. The Morgan fingerprint density at radius 1 is 0.727 bits per heavy atom. The molecule has 0 radical (unpaired) electrons. The molecule has 2 atom stereocenters. The van der Waals surface area contributed by atoms with E-state index in [2.05, 4.69) is 18.3 Å². The molecule has 0 fully saturated rings. The van der Waals surface area contributed by atoms with Crippen LogP contribution in [0, 0.1) is 11.8 Å². The summed E-state index contributed by atoms with van der Waals surface area (Å²) >= 11 is 12.0. The van der Waals surface area contributed by atoms with Crippen molar-refractivity contribution >= 4 is 55.1 Å². The average molecular weight is 714 g/mol. The van der Waals surface area contributed by atoms with Crippen LogP contribution in [0.15, 0.2) is 60.3 Å². The number of halogens is 8. The van der Waals surface area contributed by atoms with Gasteiger partial charge < -0.3 is 18.2 Å². The second-order valence-electron chi connectivity index (χ2n) is 9.41. The summed E-state index contributed by atoms with van der Waals surface area (Å²) in [7, 11) is -11.3. The lowest BCUT2D eigenvalue weighted by Gasteiger charge is -2.31. The van der Waals surface area contributed by atoms with Crippen LogP contribution < -0.4 is 9.80 Å². The number of hydrogen-bond donors (Lipinski definition) is 0. The fourth-order valence-electron chi connectivity index (χ4n) is 3.94. The largest absolute Gasteiger partial charge is 0.534 e. The summed E-state index contributed by atoms with van der Waals surface area (Å²) in [5, 5.41) is 0.797. The normalized spacial score (nSPS) is 19.8. The van der Waals surface area contributed by atoms with Crippen LogP contribution >= 0.6 is 23.2 Å². The van der Waals surface area contributed by atoms with Gasteiger partial charge in [0.15, 0.2) is 0 Å². The number of pyridine rings is 2. The highest BCUT2D eigenvalue weighted by Gasteiger charge is 2.50. The molecular formula is C24H24Cl2F6N4O6S2. The molecular weight excluding hydrogens is 689 g/mol. The minimum absolute atomic E-state index is 0.143. The molecule has 2 aromatic heterocycles. The predicted octanol–water partition coefficient (Wildman–Crippen LogP) is 5.88. The summed E-state index contributed by atoms with van der Waals surface area (Å²) in [5.74, 6) is -0.649. The molecule has 0 unspecified atom stereocenters. The highest BCUT2D eigenvalue weighted by molar-refractivity contribution is 7.88. The molecule has 0 N–H and O–H groups in total. The maximum atomic E-state index is 12.3. The van der Waals surface area contributed by atoms with Crippen LogP contribution in [0.5, 0.6) is 0 Å². The monoisotopic (exact) mass is 712 g/mol. The zero-order valence-corrected chi connectivity index (χ0v) is 25.8. The predicted molar refractivity (Wildman–Crippen MR) is 150 cm³/mol. The maximum Gasteiger partial charge on any atom is 0.534 e. The first kappa shape index (κ1) is 35.5. The molecule has 0 aliphatic carbocycles. The topological polar surface area (TPSA) is 119 Å². The van der Waals surface area contributed by atoms with E-state index in [1.54, 1.807) is 47.9 Å². The van der Waals surface area contributed by atoms with Gasteiger partial charge in [-0.1, -0.05) is 37.0 Å². The van der Waals surface area contributed by atoms with E-state index in [0.29, 0.717) is 21.7 Å². The Bertz CT molecular complexity index is 1500. The second-order valence-corrected chi connectivity index (χ2v) is 13.3. The van der Waals surface area contributed by atoms with Gasteiger partial charge in [-0.25, -0.2) is 9.97 Å². The van der Waals surface area contributed by atoms with Crippen LogP contribution in [0.1, 0.15) is 13.8 Å². The van der Waals surface area contributed by atoms with Gasteiger partial charge in [-0.3, -0.25) is 0 Å². The average Bonchev–Trinajstić information content (AvgIpc) is 2.90. The minimum atomic E-state index is -5.65. The molecule has 2 aliphatic heterocycles. The van der Waals surface area contributed by atoms with E-state index in [9.17, 15) is 43.2 Å². The maximum absolute atomic E-state index is 12.3. The summed E-state index contributed by atoms with van der Waals surface area (Å²) < 4.78 is 127. The molecule has 44 heavy (non-hydrogen) atoms. The molecule has 2 aliphatic rings. The fourth-order valence-corrected chi connectivity index (χ4v) is 5.58. The van der Waals surface area contributed by atoms with Crippen LogP contribution in [0.4, 0.5) is 38.0 Å². The molecule has 4 heterocycles. The highest BCUT2D eigenvalue weighted by atomic mass is 35.5. The number of alkyl halides is 6. The van der Waals surface area contributed by atoms with Crippen LogP contribution in [-0.2, 0) is 28.6 Å². The Hall–Kier alpha value is -2.96. The lowest BCUT2D eigenvalue weighted by Crippen LogP contribution is -2.36. The van der Waals surface area contributed by atoms with Crippen molar-refractivity contribution in [1.29, 1.82) is 0 Å². The quantitative estimate of drug-likeness (QED) is 0.204. The zero-order chi connectivity index (χ0) is 33.1. The van der Waals surface area contributed by atoms with Gasteiger partial charge in [0, 0.05) is 50.4 Å². The molecule has 0 aromatic carbocycles. The molecule has 10 nitrogen and oxygen atoms in total. The van der Waals surface area contributed by atoms with Crippen molar-refractivity contribution in [2.45, 2.75) is 24.9 Å². The van der Waals surface area contributed by atoms with Crippen LogP contribution in [0.2, 0.25) is 10.0 Å². The third-order valence-electron chi connectivity index (χ3n) is 6.04. The molecule has 0 spiro atoms. The van der Waals surface area contributed by atoms with E-state index in [1.807, 2.05) is 0 Å². The van der Waals surface area contributed by atoms with E-state index in [0.717, 1.165) is 0 Å². The molecule has 0 bridgehead atoms. The Morgan fingerprint density at radius 2 is 1.07 bits per heavy atom. The lowest BCUT2D eigenvalue weighted by atomic mass is 10.1. The van der Waals surface area contributed by atoms with Crippen molar-refractivity contribution < 1.29 is 51.5 Å². The first-order chi connectivity index (χ1) is 20.2. The van der Waals surface area contributed by atoms with E-state index in [-0.39, 0.29) is 37.7 Å². The van der Waals surface area contributed by atoms with Crippen LogP contribution in [-0.4, -0.2) is 64.0 Å². The van der Waals surface area contributed by atoms with Crippen molar-refractivity contribution in [2.24, 2.45) is 11.8 Å². The van der Waals surface area contributed by atoms with Crippen molar-refractivity contribution in [3.05, 3.63) is 70.4 Å². The number of rotatable bonds is 6. The van der Waals surface area contributed by atoms with Gasteiger partial charge in [0.1, 0.15) is 23.2 Å². The van der Waals surface area contributed by atoms with Crippen LogP contribution in [0.25, 0.3) is 0 Å². The second kappa shape index (κ2) is 13.6. The molecule has 20 heteroatoms. The Labute approximate surface area is 259 Å². The SMILES string of the molecule is C[C@@H]1CN(c2ncccc2Cl)CC=C1OS(=O)(=O)C(F)(F)F.C[C@@H]1CN(c2ncccc2Cl)CC=C1OS(=O)(=O)C(F)(F)F. The van der Waals surface area contributed by atoms with Gasteiger partial charge in [0.05, 0.1) is 10.0 Å². The van der Waals surface area contributed by atoms with Crippen molar-refractivity contribution in [3.63, 3.8) is 0 Å². The Kier molecular flexibility index (Phi) is 11.0. The van der Waals surface area contributed by atoms with Gasteiger partial charge in [-0.05, 0) is 36.4 Å². The molecule has 2 aromatic rings. The van der Waals surface area contributed by atoms with Crippen molar-refractivity contribution in [3.8, 4) is 0 Å². The van der Waals surface area contributed by atoms with E-state index >= 15 is 0 Å². The summed E-state index contributed by atoms with van der Waals surface area (Å²) in [6.45, 7) is 3.86. The van der Waals surface area contributed by atoms with Gasteiger partial charge in [0.2, 0.25) is 0 Å². The number of hydrogen-bond acceptors (Lipinski definition) is 10. The van der Waals surface area contributed by atoms with Crippen molar-refractivity contribution in [2.75, 3.05) is 36.0 Å². The summed E-state index contributed by atoms with van der Waals surface area (Å²) in [4.78, 5) is 11.6. The van der Waals surface area contributed by atoms with Crippen LogP contribution in [0.3, 0.4) is 0 Å². The summed E-state index contributed by atoms with van der Waals surface area (Å²) in [5.41, 5.74) is -10.9. The first-order valence-electron chi connectivity index (χ1n) is 12.4. The molecule has 0 amide bonds. The van der Waals surface area contributed by atoms with E-state index < -0.39 is 43.1 Å². The van der Waals surface area contributed by atoms with E-state index in [4.69, 9.17) is 23.2 Å². The Balaban J connectivity index is 0.000000240. The standard InChI is InChI=1S/2C12H12ClF3N2O3S/c2*1-8-7-18(11-9(13)3-2-5-17-11)6-4-10(8)21-22(19,20)12(14,15)16/h2*2-5,8H,6-7H2,1H3/t2*8-/m11/s1. The van der Waals surface area contributed by atoms with E-state index in [1.165, 1.54) is 24.5 Å². The van der Waals surface area contributed by atoms with Gasteiger partial charge in [-0.2, -0.15) is 43.2 Å². The molecule has 4 rings (SSSR count). The molecule has 244 valence electrons. The Morgan fingerprint density at radius 3 is 1.34 bits per heavy atom. The van der Waals surface area contributed by atoms with Crippen molar-refractivity contribution in [1.82, 2.24) is 9.97 Å². The number of anilines is 2. The highest BCUT2D eigenvalue weighted by Crippen LogP contribution is 2.34. The van der Waals surface area contributed by atoms with Gasteiger partial charge in [-0.15, -0.1) is 0 Å². The number of nitrogens with zero attached hydrogens (tertiary/aromatic N) is 4. The van der Waals surface area contributed by atoms with Gasteiger partial charge >= 0.3 is 31.3 Å². The third-order valence-corrected chi connectivity index (χ3v) is 8.59. The smallest absolute Gasteiger partial charge is 0.380 e. The fraction of sp³-hybridized carbons (Fsp3) is 0.417. The lowest BCUT2D eigenvalue weighted by molar-refractivity contribution is -0.0531. The number of aromatic nitrogens is 2. The first-order valence-corrected chi connectivity index (χ1v) is 15.9. The van der Waals surface area contributed by atoms with Gasteiger partial charge in [0.25, 0.3) is 0 Å². The molecule has 0 saturated carbocycles. The summed E-state index contributed by atoms with van der Waals surface area (Å²) in [6.07, 6.45) is 5.64. The minimum Gasteiger partial charge on any atom is -0.380 e. The molecule has 0 saturated heterocycles. The third kappa shape index (κ3) is 8.60.